The quantitative estimate of drug-likeness (QED) is 0.780. The summed E-state index contributed by atoms with van der Waals surface area (Å²) in [5.41, 5.74) is 2.97. The molecular weight excluding hydrogens is 342 g/mol. The molecule has 0 amide bonds. The monoisotopic (exact) mass is 363 g/mol. The summed E-state index contributed by atoms with van der Waals surface area (Å²) in [6.07, 6.45) is -0.194. The van der Waals surface area contributed by atoms with E-state index in [1.807, 2.05) is 42.7 Å². The number of nitrogens with zero attached hydrogens (tertiary/aromatic N) is 1. The van der Waals surface area contributed by atoms with Crippen LogP contribution < -0.4 is 4.74 Å². The molecule has 7 heteroatoms. The number of ether oxygens (including phenoxy) is 2. The van der Waals surface area contributed by atoms with E-state index in [2.05, 4.69) is 0 Å². The number of carbonyl (C=O) groups excluding carboxylic acids is 1. The highest BCUT2D eigenvalue weighted by Crippen LogP contribution is 2.25. The van der Waals surface area contributed by atoms with Crippen molar-refractivity contribution in [1.82, 2.24) is 4.57 Å². The predicted molar refractivity (Wildman–Crippen MR) is 94.3 cm³/mol. The highest BCUT2D eigenvalue weighted by Gasteiger charge is 2.31. The largest absolute Gasteiger partial charge is 0.497 e. The van der Waals surface area contributed by atoms with Gasteiger partial charge in [0.15, 0.2) is 9.84 Å². The van der Waals surface area contributed by atoms with Crippen LogP contribution in [0.5, 0.6) is 5.75 Å². The third-order valence-electron chi connectivity index (χ3n) is 4.43. The molecule has 0 aliphatic carbocycles. The van der Waals surface area contributed by atoms with Crippen LogP contribution in [0.4, 0.5) is 0 Å². The second-order valence-corrected chi connectivity index (χ2v) is 8.48. The van der Waals surface area contributed by atoms with Gasteiger partial charge in [-0.15, -0.1) is 0 Å². The molecule has 2 aromatic rings. The Hall–Kier alpha value is -2.28. The molecule has 1 aliphatic heterocycles. The maximum absolute atomic E-state index is 12.5. The van der Waals surface area contributed by atoms with E-state index in [4.69, 9.17) is 9.47 Å². The molecule has 25 heavy (non-hydrogen) atoms. The lowest BCUT2D eigenvalue weighted by Crippen LogP contribution is -2.19. The molecular formula is C18H21NO5S. The average molecular weight is 363 g/mol. The summed E-state index contributed by atoms with van der Waals surface area (Å²) in [7, 11) is -1.48. The van der Waals surface area contributed by atoms with Crippen molar-refractivity contribution in [3.8, 4) is 11.4 Å². The molecule has 1 aliphatic rings. The molecule has 0 radical (unpaired) electrons. The number of benzene rings is 1. The zero-order valence-corrected chi connectivity index (χ0v) is 15.3. The molecule has 0 unspecified atom stereocenters. The number of methoxy groups -OCH3 is 1. The molecule has 0 saturated carbocycles. The van der Waals surface area contributed by atoms with E-state index in [-0.39, 0.29) is 11.5 Å². The Morgan fingerprint density at radius 2 is 2.00 bits per heavy atom. The first-order chi connectivity index (χ1) is 11.8. The van der Waals surface area contributed by atoms with Gasteiger partial charge in [0.2, 0.25) is 0 Å². The summed E-state index contributed by atoms with van der Waals surface area (Å²) in [4.78, 5) is 12.5. The SMILES string of the molecule is COc1cccc(-n2c(C)cc(C(=O)O[C@@H]3CCS(=O)(=O)C3)c2C)c1. The summed E-state index contributed by atoms with van der Waals surface area (Å²) in [5.74, 6) is 0.232. The Morgan fingerprint density at radius 1 is 1.24 bits per heavy atom. The lowest BCUT2D eigenvalue weighted by molar-refractivity contribution is 0.0355. The van der Waals surface area contributed by atoms with Crippen LogP contribution in [0.2, 0.25) is 0 Å². The summed E-state index contributed by atoms with van der Waals surface area (Å²) >= 11 is 0. The molecule has 1 atom stereocenters. The van der Waals surface area contributed by atoms with Crippen LogP contribution in [0, 0.1) is 13.8 Å². The first-order valence-electron chi connectivity index (χ1n) is 8.05. The lowest BCUT2D eigenvalue weighted by Gasteiger charge is -2.12. The molecule has 1 fully saturated rings. The molecule has 6 nitrogen and oxygen atoms in total. The molecule has 0 N–H and O–H groups in total. The van der Waals surface area contributed by atoms with Crippen molar-refractivity contribution in [2.75, 3.05) is 18.6 Å². The van der Waals surface area contributed by atoms with Gasteiger partial charge in [0.1, 0.15) is 11.9 Å². The second kappa shape index (κ2) is 6.55. The van der Waals surface area contributed by atoms with Gasteiger partial charge in [-0.3, -0.25) is 0 Å². The normalized spacial score (nSPS) is 18.9. The Bertz CT molecular complexity index is 914. The number of hydrogen-bond acceptors (Lipinski definition) is 5. The van der Waals surface area contributed by atoms with Crippen molar-refractivity contribution in [3.05, 3.63) is 47.3 Å². The Morgan fingerprint density at radius 3 is 2.64 bits per heavy atom. The van der Waals surface area contributed by atoms with E-state index >= 15 is 0 Å². The van der Waals surface area contributed by atoms with Gasteiger partial charge in [-0.05, 0) is 38.5 Å². The van der Waals surface area contributed by atoms with Crippen molar-refractivity contribution < 1.29 is 22.7 Å². The number of aromatic nitrogens is 1. The van der Waals surface area contributed by atoms with Crippen LogP contribution in [-0.2, 0) is 14.6 Å². The smallest absolute Gasteiger partial charge is 0.340 e. The third-order valence-corrected chi connectivity index (χ3v) is 6.16. The molecule has 1 saturated heterocycles. The summed E-state index contributed by atoms with van der Waals surface area (Å²) in [5, 5.41) is 0. The zero-order valence-electron chi connectivity index (χ0n) is 14.5. The predicted octanol–water partition coefficient (Wildman–Crippen LogP) is 2.45. The van der Waals surface area contributed by atoms with Crippen LogP contribution in [0.25, 0.3) is 5.69 Å². The number of sulfone groups is 1. The van der Waals surface area contributed by atoms with Gasteiger partial charge in [0.05, 0.1) is 24.2 Å². The van der Waals surface area contributed by atoms with Crippen molar-refractivity contribution in [3.63, 3.8) is 0 Å². The Balaban J connectivity index is 1.87. The highest BCUT2D eigenvalue weighted by molar-refractivity contribution is 7.91. The topological polar surface area (TPSA) is 74.6 Å². The maximum atomic E-state index is 12.5. The number of rotatable bonds is 4. The molecule has 0 spiro atoms. The van der Waals surface area contributed by atoms with Crippen LogP contribution >= 0.6 is 0 Å². The molecule has 2 heterocycles. The highest BCUT2D eigenvalue weighted by atomic mass is 32.2. The van der Waals surface area contributed by atoms with Gasteiger partial charge >= 0.3 is 5.97 Å². The van der Waals surface area contributed by atoms with Gasteiger partial charge in [-0.1, -0.05) is 6.07 Å². The fourth-order valence-corrected chi connectivity index (χ4v) is 4.77. The number of esters is 1. The van der Waals surface area contributed by atoms with E-state index in [1.54, 1.807) is 13.2 Å². The number of carbonyl (C=O) groups is 1. The minimum Gasteiger partial charge on any atom is -0.497 e. The van der Waals surface area contributed by atoms with E-state index in [9.17, 15) is 13.2 Å². The van der Waals surface area contributed by atoms with Gasteiger partial charge < -0.3 is 14.0 Å². The van der Waals surface area contributed by atoms with Crippen LogP contribution in [-0.4, -0.2) is 43.7 Å². The molecule has 3 rings (SSSR count). The van der Waals surface area contributed by atoms with Crippen molar-refractivity contribution in [1.29, 1.82) is 0 Å². The second-order valence-electron chi connectivity index (χ2n) is 6.25. The fraction of sp³-hybridized carbons (Fsp3) is 0.389. The van der Waals surface area contributed by atoms with Gasteiger partial charge in [-0.25, -0.2) is 13.2 Å². The zero-order chi connectivity index (χ0) is 18.2. The standard InChI is InChI=1S/C18H21NO5S/c1-12-9-17(18(20)24-16-7-8-25(21,22)11-16)13(2)19(12)14-5-4-6-15(10-14)23-3/h4-6,9-10,16H,7-8,11H2,1-3H3/t16-/m1/s1. The first kappa shape index (κ1) is 17.5. The summed E-state index contributed by atoms with van der Waals surface area (Å²) in [6, 6.07) is 9.32. The van der Waals surface area contributed by atoms with Gasteiger partial charge in [0, 0.05) is 23.1 Å². The minimum atomic E-state index is -3.08. The Labute approximate surface area is 147 Å². The minimum absolute atomic E-state index is 0.0772. The molecule has 1 aromatic carbocycles. The number of aryl methyl sites for hydroxylation is 1. The van der Waals surface area contributed by atoms with E-state index in [1.165, 1.54) is 0 Å². The Kier molecular flexibility index (Phi) is 4.60. The molecule has 134 valence electrons. The first-order valence-corrected chi connectivity index (χ1v) is 9.87. The van der Waals surface area contributed by atoms with Crippen molar-refractivity contribution in [2.24, 2.45) is 0 Å². The average Bonchev–Trinajstić information content (AvgIpc) is 3.06. The van der Waals surface area contributed by atoms with E-state index in [0.29, 0.717) is 12.0 Å². The van der Waals surface area contributed by atoms with E-state index < -0.39 is 21.9 Å². The van der Waals surface area contributed by atoms with Crippen LogP contribution in [0.3, 0.4) is 0 Å². The fourth-order valence-electron chi connectivity index (χ4n) is 3.19. The van der Waals surface area contributed by atoms with Gasteiger partial charge in [0.25, 0.3) is 0 Å². The van der Waals surface area contributed by atoms with Crippen LogP contribution in [0.15, 0.2) is 30.3 Å². The van der Waals surface area contributed by atoms with Crippen LogP contribution in [0.1, 0.15) is 28.2 Å². The molecule has 1 aromatic heterocycles. The van der Waals surface area contributed by atoms with Crippen molar-refractivity contribution >= 4 is 15.8 Å². The van der Waals surface area contributed by atoms with E-state index in [0.717, 1.165) is 22.8 Å². The number of hydrogen-bond donors (Lipinski definition) is 0. The summed E-state index contributed by atoms with van der Waals surface area (Å²) in [6.45, 7) is 3.75. The molecule has 0 bridgehead atoms. The lowest BCUT2D eigenvalue weighted by atomic mass is 10.2. The maximum Gasteiger partial charge on any atom is 0.340 e. The third kappa shape index (κ3) is 3.56. The van der Waals surface area contributed by atoms with Crippen molar-refractivity contribution in [2.45, 2.75) is 26.4 Å². The summed E-state index contributed by atoms with van der Waals surface area (Å²) < 4.78 is 35.7. The van der Waals surface area contributed by atoms with Gasteiger partial charge in [-0.2, -0.15) is 0 Å².